The van der Waals surface area contributed by atoms with Gasteiger partial charge in [0, 0.05) is 6.42 Å². The van der Waals surface area contributed by atoms with Crippen molar-refractivity contribution in [2.24, 2.45) is 0 Å². The van der Waals surface area contributed by atoms with Crippen LogP contribution in [0.25, 0.3) is 0 Å². The molecule has 1 aliphatic heterocycles. The molecule has 1 fully saturated rings. The van der Waals surface area contributed by atoms with E-state index in [1.165, 1.54) is 51.4 Å². The van der Waals surface area contributed by atoms with E-state index < -0.39 is 37.3 Å². The molecule has 7 heteroatoms. The van der Waals surface area contributed by atoms with Gasteiger partial charge in [0.05, 0.1) is 6.61 Å². The van der Waals surface area contributed by atoms with Crippen molar-refractivity contribution < 1.29 is 30.0 Å². The van der Waals surface area contributed by atoms with E-state index in [0.717, 1.165) is 19.3 Å². The van der Waals surface area contributed by atoms with Gasteiger partial charge < -0.3 is 30.5 Å². The molecule has 5 atom stereocenters. The van der Waals surface area contributed by atoms with Crippen LogP contribution < -0.4 is 5.32 Å². The van der Waals surface area contributed by atoms with E-state index in [1.807, 2.05) is 0 Å². The van der Waals surface area contributed by atoms with Crippen molar-refractivity contribution in [1.82, 2.24) is 5.32 Å². The van der Waals surface area contributed by atoms with E-state index in [2.05, 4.69) is 12.2 Å². The quantitative estimate of drug-likeness (QED) is 0.288. The van der Waals surface area contributed by atoms with Gasteiger partial charge in [-0.25, -0.2) is 0 Å². The summed E-state index contributed by atoms with van der Waals surface area (Å²) in [6.07, 6.45) is 7.12. The first-order valence-corrected chi connectivity index (χ1v) is 10.6. The van der Waals surface area contributed by atoms with E-state index >= 15 is 0 Å². The van der Waals surface area contributed by atoms with Crippen LogP contribution in [0.15, 0.2) is 0 Å². The summed E-state index contributed by atoms with van der Waals surface area (Å²) in [6.45, 7) is 1.72. The fourth-order valence-corrected chi connectivity index (χ4v) is 3.40. The SMILES string of the molecule is CCCCCCCCCCCCCC(=O)N[C@@H]1O[C@H](CO)[C@@H](O)[C@H](O)[C@H]1O. The number of carbonyl (C=O) groups is 1. The molecular formula is C20H39NO6. The van der Waals surface area contributed by atoms with Gasteiger partial charge in [0.1, 0.15) is 24.4 Å². The Morgan fingerprint density at radius 3 is 1.85 bits per heavy atom. The minimum atomic E-state index is -1.47. The van der Waals surface area contributed by atoms with Crippen molar-refractivity contribution >= 4 is 5.91 Å². The van der Waals surface area contributed by atoms with Gasteiger partial charge in [0.15, 0.2) is 6.23 Å². The molecule has 160 valence electrons. The molecule has 0 aromatic heterocycles. The number of aliphatic hydroxyl groups is 4. The summed E-state index contributed by atoms with van der Waals surface area (Å²) in [5, 5.41) is 41.0. The van der Waals surface area contributed by atoms with Gasteiger partial charge in [-0.1, -0.05) is 71.1 Å². The first-order chi connectivity index (χ1) is 13.0. The molecule has 0 spiro atoms. The molecule has 1 saturated heterocycles. The van der Waals surface area contributed by atoms with Gasteiger partial charge in [-0.2, -0.15) is 0 Å². The predicted molar refractivity (Wildman–Crippen MR) is 103 cm³/mol. The van der Waals surface area contributed by atoms with E-state index in [1.54, 1.807) is 0 Å². The van der Waals surface area contributed by atoms with Gasteiger partial charge in [-0.05, 0) is 6.42 Å². The average molecular weight is 390 g/mol. The Balaban J connectivity index is 2.07. The van der Waals surface area contributed by atoms with Gasteiger partial charge >= 0.3 is 0 Å². The van der Waals surface area contributed by atoms with E-state index in [-0.39, 0.29) is 5.91 Å². The molecule has 7 nitrogen and oxygen atoms in total. The van der Waals surface area contributed by atoms with Crippen LogP contribution in [-0.4, -0.2) is 63.6 Å². The van der Waals surface area contributed by atoms with Crippen molar-refractivity contribution in [2.45, 2.75) is 115 Å². The third kappa shape index (κ3) is 9.34. The summed E-state index contributed by atoms with van der Waals surface area (Å²) in [5.41, 5.74) is 0. The van der Waals surface area contributed by atoms with Gasteiger partial charge in [-0.15, -0.1) is 0 Å². The lowest BCUT2D eigenvalue weighted by atomic mass is 9.98. The van der Waals surface area contributed by atoms with Crippen LogP contribution in [0.3, 0.4) is 0 Å². The Hall–Kier alpha value is -0.730. The molecule has 27 heavy (non-hydrogen) atoms. The molecule has 0 aliphatic carbocycles. The number of aliphatic hydroxyl groups excluding tert-OH is 4. The number of ether oxygens (including phenoxy) is 1. The highest BCUT2D eigenvalue weighted by atomic mass is 16.6. The first kappa shape index (κ1) is 24.3. The van der Waals surface area contributed by atoms with Crippen molar-refractivity contribution in [1.29, 1.82) is 0 Å². The van der Waals surface area contributed by atoms with Crippen molar-refractivity contribution in [3.05, 3.63) is 0 Å². The number of hydrogen-bond donors (Lipinski definition) is 5. The summed E-state index contributed by atoms with van der Waals surface area (Å²) in [7, 11) is 0. The zero-order valence-electron chi connectivity index (χ0n) is 16.7. The third-order valence-electron chi connectivity index (χ3n) is 5.20. The second-order valence-electron chi connectivity index (χ2n) is 7.60. The van der Waals surface area contributed by atoms with Gasteiger partial charge in [0.2, 0.25) is 5.91 Å². The lowest BCUT2D eigenvalue weighted by Crippen LogP contribution is -2.63. The van der Waals surface area contributed by atoms with E-state index in [0.29, 0.717) is 6.42 Å². The van der Waals surface area contributed by atoms with E-state index in [4.69, 9.17) is 9.84 Å². The highest BCUT2D eigenvalue weighted by Gasteiger charge is 2.43. The largest absolute Gasteiger partial charge is 0.394 e. The Morgan fingerprint density at radius 2 is 1.33 bits per heavy atom. The summed E-state index contributed by atoms with van der Waals surface area (Å²) in [6, 6.07) is 0. The van der Waals surface area contributed by atoms with Crippen LogP contribution in [-0.2, 0) is 9.53 Å². The number of amides is 1. The fourth-order valence-electron chi connectivity index (χ4n) is 3.40. The molecule has 0 saturated carbocycles. The standard InChI is InChI=1S/C20H39NO6/c1-2-3-4-5-6-7-8-9-10-11-12-13-16(23)21-20-19(26)18(25)17(24)15(14-22)27-20/h15,17-20,22,24-26H,2-14H2,1H3,(H,21,23)/t15-,17-,18+,19-,20-/m1/s1. The minimum absolute atomic E-state index is 0.268. The molecule has 0 radical (unpaired) electrons. The Bertz CT molecular complexity index is 393. The maximum absolute atomic E-state index is 12.0. The Morgan fingerprint density at radius 1 is 0.815 bits per heavy atom. The number of carbonyl (C=O) groups excluding carboxylic acids is 1. The maximum atomic E-state index is 12.0. The van der Waals surface area contributed by atoms with Crippen molar-refractivity contribution in [3.63, 3.8) is 0 Å². The summed E-state index contributed by atoms with van der Waals surface area (Å²) in [4.78, 5) is 12.0. The zero-order valence-corrected chi connectivity index (χ0v) is 16.7. The van der Waals surface area contributed by atoms with Crippen LogP contribution in [0, 0.1) is 0 Å². The Kier molecular flexibility index (Phi) is 12.9. The molecule has 1 rings (SSSR count). The fraction of sp³-hybridized carbons (Fsp3) is 0.950. The topological polar surface area (TPSA) is 119 Å². The lowest BCUT2D eigenvalue weighted by molar-refractivity contribution is -0.236. The second kappa shape index (κ2) is 14.3. The zero-order chi connectivity index (χ0) is 20.1. The minimum Gasteiger partial charge on any atom is -0.394 e. The molecule has 1 aliphatic rings. The van der Waals surface area contributed by atoms with Crippen molar-refractivity contribution in [2.75, 3.05) is 6.61 Å². The van der Waals surface area contributed by atoms with Crippen LogP contribution in [0.5, 0.6) is 0 Å². The lowest BCUT2D eigenvalue weighted by Gasteiger charge is -2.40. The molecule has 0 unspecified atom stereocenters. The molecule has 0 aromatic rings. The third-order valence-corrected chi connectivity index (χ3v) is 5.20. The predicted octanol–water partition coefficient (Wildman–Crippen LogP) is 1.60. The van der Waals surface area contributed by atoms with Crippen LogP contribution in [0.4, 0.5) is 0 Å². The molecule has 0 aromatic carbocycles. The smallest absolute Gasteiger partial charge is 0.222 e. The van der Waals surface area contributed by atoms with Crippen LogP contribution >= 0.6 is 0 Å². The second-order valence-corrected chi connectivity index (χ2v) is 7.60. The summed E-state index contributed by atoms with van der Waals surface area (Å²) >= 11 is 0. The monoisotopic (exact) mass is 389 g/mol. The molecule has 5 N–H and O–H groups in total. The summed E-state index contributed by atoms with van der Waals surface area (Å²) < 4.78 is 5.27. The van der Waals surface area contributed by atoms with Crippen LogP contribution in [0.1, 0.15) is 84.0 Å². The maximum Gasteiger partial charge on any atom is 0.222 e. The number of rotatable bonds is 14. The highest BCUT2D eigenvalue weighted by molar-refractivity contribution is 5.76. The Labute approximate surface area is 163 Å². The van der Waals surface area contributed by atoms with Crippen molar-refractivity contribution in [3.8, 4) is 0 Å². The highest BCUT2D eigenvalue weighted by Crippen LogP contribution is 2.20. The first-order valence-electron chi connectivity index (χ1n) is 10.6. The normalized spacial score (nSPS) is 28.3. The van der Waals surface area contributed by atoms with Gasteiger partial charge in [-0.3, -0.25) is 4.79 Å². The molecular weight excluding hydrogens is 350 g/mol. The van der Waals surface area contributed by atoms with Crippen LogP contribution in [0.2, 0.25) is 0 Å². The molecule has 0 bridgehead atoms. The van der Waals surface area contributed by atoms with Gasteiger partial charge in [0.25, 0.3) is 0 Å². The average Bonchev–Trinajstić information content (AvgIpc) is 2.66. The number of nitrogens with one attached hydrogen (secondary N) is 1. The number of hydrogen-bond acceptors (Lipinski definition) is 6. The number of unbranched alkanes of at least 4 members (excludes halogenated alkanes) is 10. The molecule has 1 amide bonds. The molecule has 1 heterocycles. The summed E-state index contributed by atoms with van der Waals surface area (Å²) in [5.74, 6) is -0.268. The van der Waals surface area contributed by atoms with E-state index in [9.17, 15) is 20.1 Å².